The van der Waals surface area contributed by atoms with Gasteiger partial charge in [-0.2, -0.15) is 0 Å². The Morgan fingerprint density at radius 1 is 0.625 bits per heavy atom. The van der Waals surface area contributed by atoms with Gasteiger partial charge in [0, 0.05) is 5.56 Å². The molecule has 122 valence electrons. The summed E-state index contributed by atoms with van der Waals surface area (Å²) in [5, 5.41) is 0. The van der Waals surface area contributed by atoms with E-state index in [2.05, 4.69) is 55.5 Å². The zero-order valence-electron chi connectivity index (χ0n) is 14.4. The first kappa shape index (κ1) is 17.5. The normalized spacial score (nSPS) is 9.79. The van der Waals surface area contributed by atoms with Gasteiger partial charge >= 0.3 is 0 Å². The molecule has 0 unspecified atom stereocenters. The van der Waals surface area contributed by atoms with Crippen molar-refractivity contribution in [1.29, 1.82) is 0 Å². The van der Waals surface area contributed by atoms with E-state index < -0.39 is 5.91 Å². The summed E-state index contributed by atoms with van der Waals surface area (Å²) >= 11 is 0. The van der Waals surface area contributed by atoms with Crippen LogP contribution >= 0.6 is 0 Å². The molecule has 0 fully saturated rings. The van der Waals surface area contributed by atoms with Gasteiger partial charge in [0.05, 0.1) is 0 Å². The Labute approximate surface area is 144 Å². The second-order valence-electron chi connectivity index (χ2n) is 5.38. The molecule has 0 aliphatic heterocycles. The molecular formula is C22H23NO. The maximum atomic E-state index is 11.1. The third-order valence-corrected chi connectivity index (χ3v) is 3.77. The topological polar surface area (TPSA) is 43.1 Å². The van der Waals surface area contributed by atoms with E-state index in [4.69, 9.17) is 5.73 Å². The van der Waals surface area contributed by atoms with Crippen molar-refractivity contribution in [2.75, 3.05) is 0 Å². The number of hydrogen-bond acceptors (Lipinski definition) is 1. The molecule has 0 aromatic heterocycles. The first-order chi connectivity index (χ1) is 11.6. The molecule has 2 nitrogen and oxygen atoms in total. The lowest BCUT2D eigenvalue weighted by Gasteiger charge is -2.06. The largest absolute Gasteiger partial charge is 0.366 e. The van der Waals surface area contributed by atoms with Gasteiger partial charge in [0.25, 0.3) is 0 Å². The highest BCUT2D eigenvalue weighted by Gasteiger charge is 2.03. The second kappa shape index (κ2) is 8.11. The summed E-state index contributed by atoms with van der Waals surface area (Å²) in [6.45, 7) is 6.09. The highest BCUT2D eigenvalue weighted by molar-refractivity contribution is 5.93. The van der Waals surface area contributed by atoms with E-state index in [-0.39, 0.29) is 0 Å². The minimum Gasteiger partial charge on any atom is -0.366 e. The second-order valence-corrected chi connectivity index (χ2v) is 5.38. The Kier molecular flexibility index (Phi) is 5.91. The summed E-state index contributed by atoms with van der Waals surface area (Å²) < 4.78 is 0. The lowest BCUT2D eigenvalue weighted by molar-refractivity contribution is 0.100. The van der Waals surface area contributed by atoms with Crippen molar-refractivity contribution in [2.24, 2.45) is 5.73 Å². The molecular weight excluding hydrogens is 294 g/mol. The molecule has 0 atom stereocenters. The molecule has 2 heteroatoms. The predicted octanol–water partition coefficient (Wildman–Crippen LogP) is 5.45. The number of amides is 1. The fourth-order valence-electron chi connectivity index (χ4n) is 2.43. The first-order valence-corrected chi connectivity index (χ1v) is 8.21. The zero-order valence-corrected chi connectivity index (χ0v) is 14.4. The number of hydrogen-bond donors (Lipinski definition) is 1. The van der Waals surface area contributed by atoms with Gasteiger partial charge in [0.15, 0.2) is 0 Å². The SMILES string of the molecule is CC.Cc1ccc(-c2ccc(-c3ccc(C(N)=O)cc3)cc2)cc1. The molecule has 0 aliphatic rings. The quantitative estimate of drug-likeness (QED) is 0.685. The van der Waals surface area contributed by atoms with Crippen molar-refractivity contribution in [1.82, 2.24) is 0 Å². The van der Waals surface area contributed by atoms with E-state index in [0.717, 1.165) is 11.1 Å². The summed E-state index contributed by atoms with van der Waals surface area (Å²) in [4.78, 5) is 11.1. The summed E-state index contributed by atoms with van der Waals surface area (Å²) in [6, 6.07) is 24.3. The van der Waals surface area contributed by atoms with Gasteiger partial charge in [0.2, 0.25) is 5.91 Å². The maximum Gasteiger partial charge on any atom is 0.248 e. The Balaban J connectivity index is 0.00000100. The van der Waals surface area contributed by atoms with E-state index >= 15 is 0 Å². The van der Waals surface area contributed by atoms with Gasteiger partial charge in [0.1, 0.15) is 0 Å². The first-order valence-electron chi connectivity index (χ1n) is 8.21. The molecule has 0 heterocycles. The van der Waals surface area contributed by atoms with Crippen LogP contribution in [0.25, 0.3) is 22.3 Å². The van der Waals surface area contributed by atoms with Crippen molar-refractivity contribution >= 4 is 5.91 Å². The van der Waals surface area contributed by atoms with Crippen LogP contribution in [0.4, 0.5) is 0 Å². The molecule has 3 aromatic carbocycles. The fourth-order valence-corrected chi connectivity index (χ4v) is 2.43. The van der Waals surface area contributed by atoms with Crippen LogP contribution in [-0.2, 0) is 0 Å². The monoisotopic (exact) mass is 317 g/mol. The smallest absolute Gasteiger partial charge is 0.248 e. The minimum absolute atomic E-state index is 0.402. The van der Waals surface area contributed by atoms with Gasteiger partial charge in [-0.15, -0.1) is 0 Å². The van der Waals surface area contributed by atoms with Crippen molar-refractivity contribution in [3.8, 4) is 22.3 Å². The van der Waals surface area contributed by atoms with Gasteiger partial charge in [-0.25, -0.2) is 0 Å². The number of aryl methyl sites for hydroxylation is 1. The van der Waals surface area contributed by atoms with Crippen LogP contribution in [0.15, 0.2) is 72.8 Å². The molecule has 3 rings (SSSR count). The predicted molar refractivity (Wildman–Crippen MR) is 102 cm³/mol. The van der Waals surface area contributed by atoms with Crippen LogP contribution in [0.2, 0.25) is 0 Å². The molecule has 0 aliphatic carbocycles. The van der Waals surface area contributed by atoms with Gasteiger partial charge in [-0.3, -0.25) is 4.79 Å². The van der Waals surface area contributed by atoms with Crippen molar-refractivity contribution in [2.45, 2.75) is 20.8 Å². The average Bonchev–Trinajstić information content (AvgIpc) is 2.64. The lowest BCUT2D eigenvalue weighted by atomic mass is 9.99. The molecule has 2 N–H and O–H groups in total. The third-order valence-electron chi connectivity index (χ3n) is 3.77. The summed E-state index contributed by atoms with van der Waals surface area (Å²) in [6.07, 6.45) is 0. The highest BCUT2D eigenvalue weighted by Crippen LogP contribution is 2.25. The van der Waals surface area contributed by atoms with Crippen LogP contribution < -0.4 is 5.73 Å². The van der Waals surface area contributed by atoms with E-state index in [1.165, 1.54) is 16.7 Å². The molecule has 0 spiro atoms. The maximum absolute atomic E-state index is 11.1. The van der Waals surface area contributed by atoms with Crippen LogP contribution in [0, 0.1) is 6.92 Å². The Hall–Kier alpha value is -2.87. The van der Waals surface area contributed by atoms with Crippen molar-refractivity contribution < 1.29 is 4.79 Å². The van der Waals surface area contributed by atoms with Gasteiger partial charge < -0.3 is 5.73 Å². The summed E-state index contributed by atoms with van der Waals surface area (Å²) in [5.41, 5.74) is 11.6. The fraction of sp³-hybridized carbons (Fsp3) is 0.136. The van der Waals surface area contributed by atoms with Crippen molar-refractivity contribution in [3.05, 3.63) is 83.9 Å². The van der Waals surface area contributed by atoms with Crippen molar-refractivity contribution in [3.63, 3.8) is 0 Å². The molecule has 1 amide bonds. The molecule has 3 aromatic rings. The standard InChI is InChI=1S/C20H17NO.C2H6/c1-14-2-4-15(5-3-14)16-6-8-17(9-7-16)18-10-12-19(13-11-18)20(21)22;1-2/h2-13H,1H3,(H2,21,22);1-2H3. The molecule has 0 radical (unpaired) electrons. The van der Waals surface area contributed by atoms with Crippen LogP contribution in [-0.4, -0.2) is 5.91 Å². The third kappa shape index (κ3) is 4.11. The van der Waals surface area contributed by atoms with Gasteiger partial charge in [-0.1, -0.05) is 80.1 Å². The molecule has 0 saturated heterocycles. The van der Waals surface area contributed by atoms with E-state index in [9.17, 15) is 4.79 Å². The lowest BCUT2D eigenvalue weighted by Crippen LogP contribution is -2.10. The number of rotatable bonds is 3. The molecule has 0 bridgehead atoms. The van der Waals surface area contributed by atoms with E-state index in [0.29, 0.717) is 5.56 Å². The Morgan fingerprint density at radius 3 is 1.25 bits per heavy atom. The van der Waals surface area contributed by atoms with Crippen LogP contribution in [0.1, 0.15) is 29.8 Å². The number of carbonyl (C=O) groups excluding carboxylic acids is 1. The molecule has 24 heavy (non-hydrogen) atoms. The minimum atomic E-state index is -0.402. The Bertz CT molecular complexity index is 785. The number of nitrogens with two attached hydrogens (primary N) is 1. The summed E-state index contributed by atoms with van der Waals surface area (Å²) in [7, 11) is 0. The Morgan fingerprint density at radius 2 is 0.917 bits per heavy atom. The number of primary amides is 1. The van der Waals surface area contributed by atoms with E-state index in [1.54, 1.807) is 12.1 Å². The zero-order chi connectivity index (χ0) is 17.5. The average molecular weight is 317 g/mol. The van der Waals surface area contributed by atoms with E-state index in [1.807, 2.05) is 26.0 Å². The highest BCUT2D eigenvalue weighted by atomic mass is 16.1. The van der Waals surface area contributed by atoms with Crippen LogP contribution in [0.5, 0.6) is 0 Å². The summed E-state index contributed by atoms with van der Waals surface area (Å²) in [5.74, 6) is -0.402. The molecule has 0 saturated carbocycles. The number of carbonyl (C=O) groups is 1. The number of benzene rings is 3. The van der Waals surface area contributed by atoms with Crippen LogP contribution in [0.3, 0.4) is 0 Å². The van der Waals surface area contributed by atoms with Gasteiger partial charge in [-0.05, 0) is 41.3 Å².